The molecule has 0 unspecified atom stereocenters. The number of ether oxygens (including phenoxy) is 3. The lowest BCUT2D eigenvalue weighted by atomic mass is 10.1. The Morgan fingerprint density at radius 1 is 0.750 bits per heavy atom. The van der Waals surface area contributed by atoms with Gasteiger partial charge >= 0.3 is 11.9 Å². The van der Waals surface area contributed by atoms with Crippen molar-refractivity contribution in [2.75, 3.05) is 26.3 Å². The summed E-state index contributed by atoms with van der Waals surface area (Å²) in [6.07, 6.45) is 0.981. The van der Waals surface area contributed by atoms with Crippen LogP contribution in [0.25, 0.3) is 0 Å². The first-order chi connectivity index (χ1) is 17.2. The van der Waals surface area contributed by atoms with Crippen LogP contribution in [0.4, 0.5) is 0 Å². The molecule has 0 spiro atoms. The predicted molar refractivity (Wildman–Crippen MR) is 121 cm³/mol. The molecule has 0 fully saturated rings. The molecule has 0 radical (unpaired) electrons. The zero-order chi connectivity index (χ0) is 26.0. The number of fused-ring (bicyclic) bond motifs is 2. The lowest BCUT2D eigenvalue weighted by molar-refractivity contribution is -0.141. The van der Waals surface area contributed by atoms with E-state index in [2.05, 4.69) is 6.58 Å². The second-order valence-electron chi connectivity index (χ2n) is 7.75. The lowest BCUT2D eigenvalue weighted by Crippen LogP contribution is -2.33. The molecule has 2 heterocycles. The molecule has 2 aliphatic rings. The van der Waals surface area contributed by atoms with Gasteiger partial charge < -0.3 is 14.2 Å². The second-order valence-corrected chi connectivity index (χ2v) is 7.75. The molecule has 36 heavy (non-hydrogen) atoms. The van der Waals surface area contributed by atoms with Gasteiger partial charge in [0.05, 0.1) is 35.3 Å². The summed E-state index contributed by atoms with van der Waals surface area (Å²) < 4.78 is 15.4. The molecule has 0 aliphatic carbocycles. The highest BCUT2D eigenvalue weighted by Gasteiger charge is 2.37. The Bertz CT molecular complexity index is 1330. The molecular formula is C25H20N2O9. The highest BCUT2D eigenvalue weighted by atomic mass is 16.5. The normalized spacial score (nSPS) is 14.0. The first-order valence-electron chi connectivity index (χ1n) is 10.8. The quantitative estimate of drug-likeness (QED) is 0.292. The average Bonchev–Trinajstić information content (AvgIpc) is 3.23. The van der Waals surface area contributed by atoms with E-state index in [4.69, 9.17) is 14.2 Å². The maximum Gasteiger partial charge on any atom is 0.330 e. The van der Waals surface area contributed by atoms with E-state index < -0.39 is 35.6 Å². The molecule has 184 valence electrons. The van der Waals surface area contributed by atoms with Gasteiger partial charge in [-0.15, -0.1) is 0 Å². The molecule has 2 aromatic carbocycles. The maximum absolute atomic E-state index is 12.7. The summed E-state index contributed by atoms with van der Waals surface area (Å²) in [5.74, 6) is -2.84. The third-order valence-corrected chi connectivity index (χ3v) is 5.47. The molecule has 2 aromatic rings. The van der Waals surface area contributed by atoms with Crippen LogP contribution in [0.1, 0.15) is 48.4 Å². The number of rotatable bonds is 9. The molecule has 2 aliphatic heterocycles. The number of imide groups is 2. The third kappa shape index (κ3) is 4.58. The SMILES string of the molecule is C=CC(=O)OCCN1C(=O)c2ccc(Oc3ccc4c(c3)C(=O)N(CCOC(C)=O)C4=O)cc2C1=O. The fraction of sp³-hybridized carbons (Fsp3) is 0.200. The van der Waals surface area contributed by atoms with E-state index in [1.165, 1.54) is 43.3 Å². The topological polar surface area (TPSA) is 137 Å². The number of carbonyl (C=O) groups is 6. The Morgan fingerprint density at radius 3 is 1.64 bits per heavy atom. The maximum atomic E-state index is 12.7. The monoisotopic (exact) mass is 492 g/mol. The van der Waals surface area contributed by atoms with Crippen molar-refractivity contribution in [3.63, 3.8) is 0 Å². The van der Waals surface area contributed by atoms with E-state index in [0.717, 1.165) is 15.9 Å². The van der Waals surface area contributed by atoms with E-state index in [0.29, 0.717) is 0 Å². The molecule has 11 heteroatoms. The largest absolute Gasteiger partial charge is 0.464 e. The zero-order valence-corrected chi connectivity index (χ0v) is 19.1. The summed E-state index contributed by atoms with van der Waals surface area (Å²) in [6, 6.07) is 8.69. The molecule has 11 nitrogen and oxygen atoms in total. The van der Waals surface area contributed by atoms with Crippen molar-refractivity contribution in [2.45, 2.75) is 6.92 Å². The average molecular weight is 492 g/mol. The first kappa shape index (κ1) is 24.3. The Labute approximate surface area is 204 Å². The molecule has 0 saturated carbocycles. The summed E-state index contributed by atoms with van der Waals surface area (Å²) in [7, 11) is 0. The van der Waals surface area contributed by atoms with Crippen molar-refractivity contribution in [3.8, 4) is 11.5 Å². The van der Waals surface area contributed by atoms with Gasteiger partial charge in [0.25, 0.3) is 23.6 Å². The molecule has 0 saturated heterocycles. The second kappa shape index (κ2) is 9.82. The van der Waals surface area contributed by atoms with Gasteiger partial charge in [-0.25, -0.2) is 4.79 Å². The molecule has 4 amide bonds. The molecular weight excluding hydrogens is 472 g/mol. The number of hydrogen-bond donors (Lipinski definition) is 0. The van der Waals surface area contributed by atoms with Crippen molar-refractivity contribution >= 4 is 35.6 Å². The minimum absolute atomic E-state index is 0.0770. The Balaban J connectivity index is 1.47. The van der Waals surface area contributed by atoms with Gasteiger partial charge in [0, 0.05) is 13.0 Å². The number of amides is 4. The number of benzene rings is 2. The van der Waals surface area contributed by atoms with Gasteiger partial charge in [0.2, 0.25) is 0 Å². The van der Waals surface area contributed by atoms with Gasteiger partial charge in [-0.2, -0.15) is 0 Å². The molecule has 0 atom stereocenters. The zero-order valence-electron chi connectivity index (χ0n) is 19.1. The van der Waals surface area contributed by atoms with Crippen LogP contribution in [0.3, 0.4) is 0 Å². The molecule has 4 rings (SSSR count). The van der Waals surface area contributed by atoms with Crippen LogP contribution in [-0.2, 0) is 19.1 Å². The Morgan fingerprint density at radius 2 is 1.19 bits per heavy atom. The highest BCUT2D eigenvalue weighted by Crippen LogP contribution is 2.32. The molecule has 0 aromatic heterocycles. The van der Waals surface area contributed by atoms with E-state index in [1.807, 2.05) is 0 Å². The van der Waals surface area contributed by atoms with Crippen molar-refractivity contribution in [2.24, 2.45) is 0 Å². The van der Waals surface area contributed by atoms with Crippen LogP contribution in [0.2, 0.25) is 0 Å². The number of nitrogens with zero attached hydrogens (tertiary/aromatic N) is 2. The smallest absolute Gasteiger partial charge is 0.330 e. The number of hydrogen-bond acceptors (Lipinski definition) is 9. The highest BCUT2D eigenvalue weighted by molar-refractivity contribution is 6.22. The molecule has 0 N–H and O–H groups in total. The fourth-order valence-corrected chi connectivity index (χ4v) is 3.79. The van der Waals surface area contributed by atoms with Crippen molar-refractivity contribution in [1.29, 1.82) is 0 Å². The van der Waals surface area contributed by atoms with E-state index >= 15 is 0 Å². The van der Waals surface area contributed by atoms with Crippen LogP contribution in [-0.4, -0.2) is 71.7 Å². The van der Waals surface area contributed by atoms with Gasteiger partial charge in [-0.1, -0.05) is 6.58 Å². The first-order valence-corrected chi connectivity index (χ1v) is 10.8. The standard InChI is InChI=1S/C25H20N2O9/c1-3-21(29)35-11-9-27-23(31)18-7-5-16(13-20(18)25(27)33)36-15-4-6-17-19(12-15)24(32)26(22(17)30)8-10-34-14(2)28/h3-7,12-13H,1,8-11H2,2H3. The van der Waals surface area contributed by atoms with Crippen molar-refractivity contribution in [3.05, 3.63) is 71.3 Å². The lowest BCUT2D eigenvalue weighted by Gasteiger charge is -2.13. The summed E-state index contributed by atoms with van der Waals surface area (Å²) in [5, 5.41) is 0. The van der Waals surface area contributed by atoms with Crippen LogP contribution >= 0.6 is 0 Å². The fourth-order valence-electron chi connectivity index (χ4n) is 3.79. The van der Waals surface area contributed by atoms with Crippen LogP contribution < -0.4 is 4.74 Å². The number of carbonyl (C=O) groups excluding carboxylic acids is 6. The summed E-state index contributed by atoms with van der Waals surface area (Å²) in [5.41, 5.74) is 0.628. The minimum Gasteiger partial charge on any atom is -0.464 e. The summed E-state index contributed by atoms with van der Waals surface area (Å²) >= 11 is 0. The van der Waals surface area contributed by atoms with Gasteiger partial charge in [-0.3, -0.25) is 33.8 Å². The van der Waals surface area contributed by atoms with Crippen molar-refractivity contribution in [1.82, 2.24) is 9.80 Å². The van der Waals surface area contributed by atoms with Crippen molar-refractivity contribution < 1.29 is 43.0 Å². The summed E-state index contributed by atoms with van der Waals surface area (Å²) in [6.45, 7) is 4.04. The Hall–Kier alpha value is -4.80. The predicted octanol–water partition coefficient (Wildman–Crippen LogP) is 1.96. The van der Waals surface area contributed by atoms with Gasteiger partial charge in [0.1, 0.15) is 24.7 Å². The molecule has 0 bridgehead atoms. The van der Waals surface area contributed by atoms with E-state index in [1.54, 1.807) is 0 Å². The van der Waals surface area contributed by atoms with Crippen LogP contribution in [0.15, 0.2) is 49.1 Å². The van der Waals surface area contributed by atoms with E-state index in [-0.39, 0.29) is 60.1 Å². The third-order valence-electron chi connectivity index (χ3n) is 5.47. The van der Waals surface area contributed by atoms with Crippen LogP contribution in [0.5, 0.6) is 11.5 Å². The van der Waals surface area contributed by atoms with Crippen LogP contribution in [0, 0.1) is 0 Å². The Kier molecular flexibility index (Phi) is 6.64. The minimum atomic E-state index is -0.663. The van der Waals surface area contributed by atoms with E-state index in [9.17, 15) is 28.8 Å². The van der Waals surface area contributed by atoms with Gasteiger partial charge in [-0.05, 0) is 36.4 Å². The number of esters is 2. The van der Waals surface area contributed by atoms with Gasteiger partial charge in [0.15, 0.2) is 0 Å². The summed E-state index contributed by atoms with van der Waals surface area (Å²) in [4.78, 5) is 74.6.